The van der Waals surface area contributed by atoms with Crippen molar-refractivity contribution < 1.29 is 17.9 Å². The first-order valence-electron chi connectivity index (χ1n) is 7.53. The highest BCUT2D eigenvalue weighted by Crippen LogP contribution is 2.18. The normalized spacial score (nSPS) is 19.8. The lowest BCUT2D eigenvalue weighted by molar-refractivity contribution is -0.131. The van der Waals surface area contributed by atoms with E-state index in [1.165, 1.54) is 0 Å². The van der Waals surface area contributed by atoms with Crippen LogP contribution in [0.2, 0.25) is 0 Å². The van der Waals surface area contributed by atoms with Crippen molar-refractivity contribution in [2.45, 2.75) is 32.2 Å². The largest absolute Gasteiger partial charge is 0.494 e. The summed E-state index contributed by atoms with van der Waals surface area (Å²) in [7, 11) is -1.27. The van der Waals surface area contributed by atoms with Crippen LogP contribution in [0.25, 0.3) is 0 Å². The Morgan fingerprint density at radius 1 is 1.41 bits per heavy atom. The van der Waals surface area contributed by atoms with Crippen molar-refractivity contribution in [2.75, 3.05) is 25.2 Å². The summed E-state index contributed by atoms with van der Waals surface area (Å²) < 4.78 is 28.5. The van der Waals surface area contributed by atoms with Gasteiger partial charge in [-0.05, 0) is 37.5 Å². The molecule has 0 aromatic heterocycles. The van der Waals surface area contributed by atoms with Crippen LogP contribution in [0, 0.1) is 6.92 Å². The Hall–Kier alpha value is -1.56. The molecule has 1 fully saturated rings. The van der Waals surface area contributed by atoms with Crippen molar-refractivity contribution in [3.63, 3.8) is 0 Å². The molecule has 1 atom stereocenters. The van der Waals surface area contributed by atoms with E-state index in [9.17, 15) is 13.2 Å². The number of hydrogen-bond acceptors (Lipinski definition) is 4. The van der Waals surface area contributed by atoms with E-state index in [1.54, 1.807) is 11.9 Å². The van der Waals surface area contributed by atoms with E-state index < -0.39 is 9.84 Å². The number of sulfone groups is 1. The van der Waals surface area contributed by atoms with Crippen LogP contribution < -0.4 is 4.74 Å². The quantitative estimate of drug-likeness (QED) is 0.748. The molecule has 5 nitrogen and oxygen atoms in total. The molecule has 0 radical (unpaired) electrons. The highest BCUT2D eigenvalue weighted by atomic mass is 32.2. The van der Waals surface area contributed by atoms with Gasteiger partial charge in [-0.2, -0.15) is 0 Å². The molecule has 0 bridgehead atoms. The van der Waals surface area contributed by atoms with Gasteiger partial charge in [-0.1, -0.05) is 12.1 Å². The molecule has 2 rings (SSSR count). The number of ether oxygens (including phenoxy) is 1. The third-order valence-corrected chi connectivity index (χ3v) is 5.69. The fraction of sp³-hybridized carbons (Fsp3) is 0.562. The molecular formula is C16H23NO4S. The van der Waals surface area contributed by atoms with Gasteiger partial charge in [0.1, 0.15) is 5.75 Å². The van der Waals surface area contributed by atoms with Gasteiger partial charge in [0.2, 0.25) is 5.91 Å². The summed E-state index contributed by atoms with van der Waals surface area (Å²) in [6.07, 6.45) is 1.54. The SMILES string of the molecule is Cc1cccc(OCCCC(=O)N(C)C2CCS(=O)(=O)C2)c1. The lowest BCUT2D eigenvalue weighted by atomic mass is 10.2. The molecule has 0 N–H and O–H groups in total. The summed E-state index contributed by atoms with van der Waals surface area (Å²) in [5, 5.41) is 0. The van der Waals surface area contributed by atoms with Gasteiger partial charge in [0, 0.05) is 19.5 Å². The molecule has 1 aromatic rings. The van der Waals surface area contributed by atoms with Crippen LogP contribution >= 0.6 is 0 Å². The Kier molecular flexibility index (Phi) is 5.45. The number of benzene rings is 1. The molecule has 22 heavy (non-hydrogen) atoms. The summed E-state index contributed by atoms with van der Waals surface area (Å²) in [5.74, 6) is 1.07. The second kappa shape index (κ2) is 7.13. The fourth-order valence-electron chi connectivity index (χ4n) is 2.58. The summed E-state index contributed by atoms with van der Waals surface area (Å²) in [5.41, 5.74) is 1.13. The van der Waals surface area contributed by atoms with E-state index in [2.05, 4.69) is 0 Å². The molecule has 1 aromatic carbocycles. The van der Waals surface area contributed by atoms with Crippen molar-refractivity contribution >= 4 is 15.7 Å². The fourth-order valence-corrected chi connectivity index (χ4v) is 4.35. The smallest absolute Gasteiger partial charge is 0.222 e. The van der Waals surface area contributed by atoms with Crippen LogP contribution in [-0.2, 0) is 14.6 Å². The van der Waals surface area contributed by atoms with E-state index in [0.717, 1.165) is 11.3 Å². The standard InChI is InChI=1S/C16H23NO4S/c1-13-5-3-6-15(11-13)21-9-4-7-16(18)17(2)14-8-10-22(19,20)12-14/h3,5-6,11,14H,4,7-10,12H2,1-2H3. The molecule has 1 heterocycles. The summed E-state index contributed by atoms with van der Waals surface area (Å²) in [4.78, 5) is 13.7. The van der Waals surface area contributed by atoms with Crippen molar-refractivity contribution in [3.05, 3.63) is 29.8 Å². The average molecular weight is 325 g/mol. The summed E-state index contributed by atoms with van der Waals surface area (Å²) in [6.45, 7) is 2.48. The number of aryl methyl sites for hydroxylation is 1. The van der Waals surface area contributed by atoms with E-state index in [1.807, 2.05) is 31.2 Å². The summed E-state index contributed by atoms with van der Waals surface area (Å²) in [6, 6.07) is 7.61. The minimum Gasteiger partial charge on any atom is -0.494 e. The number of hydrogen-bond donors (Lipinski definition) is 0. The monoisotopic (exact) mass is 325 g/mol. The van der Waals surface area contributed by atoms with Crippen molar-refractivity contribution in [3.8, 4) is 5.75 Å². The highest BCUT2D eigenvalue weighted by Gasteiger charge is 2.32. The van der Waals surface area contributed by atoms with Crippen LogP contribution in [0.15, 0.2) is 24.3 Å². The number of amides is 1. The Morgan fingerprint density at radius 3 is 2.82 bits per heavy atom. The van der Waals surface area contributed by atoms with Gasteiger partial charge in [-0.25, -0.2) is 8.42 Å². The molecule has 0 saturated carbocycles. The van der Waals surface area contributed by atoms with Crippen molar-refractivity contribution in [2.24, 2.45) is 0 Å². The van der Waals surface area contributed by atoms with Gasteiger partial charge in [0.15, 0.2) is 9.84 Å². The van der Waals surface area contributed by atoms with Crippen LogP contribution in [0.4, 0.5) is 0 Å². The topological polar surface area (TPSA) is 63.7 Å². The van der Waals surface area contributed by atoms with Crippen LogP contribution in [0.5, 0.6) is 5.75 Å². The van der Waals surface area contributed by atoms with Crippen LogP contribution in [0.3, 0.4) is 0 Å². The number of rotatable bonds is 6. The first kappa shape index (κ1) is 16.8. The Labute approximate surface area is 132 Å². The van der Waals surface area contributed by atoms with Gasteiger partial charge in [-0.3, -0.25) is 4.79 Å². The first-order valence-corrected chi connectivity index (χ1v) is 9.35. The first-order chi connectivity index (χ1) is 10.4. The maximum Gasteiger partial charge on any atom is 0.222 e. The highest BCUT2D eigenvalue weighted by molar-refractivity contribution is 7.91. The minimum atomic E-state index is -2.96. The number of carbonyl (C=O) groups is 1. The lowest BCUT2D eigenvalue weighted by Crippen LogP contribution is -2.37. The van der Waals surface area contributed by atoms with Gasteiger partial charge >= 0.3 is 0 Å². The van der Waals surface area contributed by atoms with Gasteiger partial charge in [-0.15, -0.1) is 0 Å². The van der Waals surface area contributed by atoms with E-state index in [0.29, 0.717) is 25.9 Å². The second-order valence-electron chi connectivity index (χ2n) is 5.83. The predicted molar refractivity (Wildman–Crippen MR) is 85.7 cm³/mol. The molecule has 1 aliphatic rings. The van der Waals surface area contributed by atoms with Crippen molar-refractivity contribution in [1.82, 2.24) is 4.90 Å². The van der Waals surface area contributed by atoms with Gasteiger partial charge in [0.05, 0.1) is 18.1 Å². The minimum absolute atomic E-state index is 0.0186. The van der Waals surface area contributed by atoms with Crippen LogP contribution in [0.1, 0.15) is 24.8 Å². The predicted octanol–water partition coefficient (Wildman–Crippen LogP) is 1.80. The van der Waals surface area contributed by atoms with Gasteiger partial charge < -0.3 is 9.64 Å². The molecule has 1 unspecified atom stereocenters. The maximum absolute atomic E-state index is 12.1. The average Bonchev–Trinajstić information content (AvgIpc) is 2.83. The summed E-state index contributed by atoms with van der Waals surface area (Å²) >= 11 is 0. The molecule has 1 aliphatic heterocycles. The molecular weight excluding hydrogens is 302 g/mol. The molecule has 0 spiro atoms. The third-order valence-electron chi connectivity index (χ3n) is 3.94. The third kappa shape index (κ3) is 4.73. The van der Waals surface area contributed by atoms with Crippen LogP contribution in [-0.4, -0.2) is 50.4 Å². The maximum atomic E-state index is 12.1. The van der Waals surface area contributed by atoms with E-state index >= 15 is 0 Å². The Balaban J connectivity index is 1.71. The van der Waals surface area contributed by atoms with E-state index in [-0.39, 0.29) is 23.5 Å². The van der Waals surface area contributed by atoms with Crippen molar-refractivity contribution in [1.29, 1.82) is 0 Å². The molecule has 0 aliphatic carbocycles. The van der Waals surface area contributed by atoms with Gasteiger partial charge in [0.25, 0.3) is 0 Å². The number of nitrogens with zero attached hydrogens (tertiary/aromatic N) is 1. The zero-order chi connectivity index (χ0) is 16.2. The molecule has 1 amide bonds. The Bertz CT molecular complexity index is 627. The zero-order valence-corrected chi connectivity index (χ0v) is 13.9. The molecule has 1 saturated heterocycles. The van der Waals surface area contributed by atoms with E-state index in [4.69, 9.17) is 4.74 Å². The number of carbonyl (C=O) groups excluding carboxylic acids is 1. The zero-order valence-electron chi connectivity index (χ0n) is 13.1. The molecule has 122 valence electrons. The lowest BCUT2D eigenvalue weighted by Gasteiger charge is -2.23. The Morgan fingerprint density at radius 2 is 2.18 bits per heavy atom. The molecule has 6 heteroatoms. The second-order valence-corrected chi connectivity index (χ2v) is 8.06.